The van der Waals surface area contributed by atoms with Crippen LogP contribution in [0, 0.1) is 6.92 Å². The lowest BCUT2D eigenvalue weighted by Gasteiger charge is -2.32. The fourth-order valence-electron chi connectivity index (χ4n) is 4.11. The number of rotatable bonds is 9. The van der Waals surface area contributed by atoms with Gasteiger partial charge in [-0.25, -0.2) is 8.42 Å². The van der Waals surface area contributed by atoms with E-state index in [1.807, 2.05) is 13.0 Å². The third-order valence-electron chi connectivity index (χ3n) is 6.17. The number of hydrogen-bond acceptors (Lipinski definition) is 4. The molecule has 1 N–H and O–H groups in total. The van der Waals surface area contributed by atoms with Crippen LogP contribution in [0.25, 0.3) is 0 Å². The smallest absolute Gasteiger partial charge is 0.244 e. The van der Waals surface area contributed by atoms with Crippen molar-refractivity contribution in [2.45, 2.75) is 58.2 Å². The topological polar surface area (TPSA) is 86.8 Å². The van der Waals surface area contributed by atoms with Crippen molar-refractivity contribution in [3.05, 3.63) is 64.7 Å². The van der Waals surface area contributed by atoms with Gasteiger partial charge in [0, 0.05) is 17.6 Å². The van der Waals surface area contributed by atoms with Crippen LogP contribution in [0.3, 0.4) is 0 Å². The van der Waals surface area contributed by atoms with Gasteiger partial charge in [0.05, 0.1) is 11.9 Å². The summed E-state index contributed by atoms with van der Waals surface area (Å²) in [5.74, 6) is -0.742. The lowest BCUT2D eigenvalue weighted by Crippen LogP contribution is -2.52. The molecule has 184 valence electrons. The van der Waals surface area contributed by atoms with E-state index >= 15 is 0 Å². The van der Waals surface area contributed by atoms with E-state index in [2.05, 4.69) is 5.32 Å². The van der Waals surface area contributed by atoms with E-state index in [4.69, 9.17) is 11.6 Å². The minimum Gasteiger partial charge on any atom is -0.352 e. The van der Waals surface area contributed by atoms with Gasteiger partial charge in [0.15, 0.2) is 0 Å². The molecule has 1 atom stereocenters. The van der Waals surface area contributed by atoms with Crippen molar-refractivity contribution in [2.75, 3.05) is 17.1 Å². The maximum Gasteiger partial charge on any atom is 0.244 e. The Hall–Kier alpha value is -2.58. The van der Waals surface area contributed by atoms with Gasteiger partial charge in [-0.1, -0.05) is 60.3 Å². The summed E-state index contributed by atoms with van der Waals surface area (Å²) in [6.45, 7) is 3.22. The fraction of sp³-hybridized carbons (Fsp3) is 0.440. The Morgan fingerprint density at radius 1 is 1.09 bits per heavy atom. The number of aryl methyl sites for hydroxylation is 1. The zero-order chi connectivity index (χ0) is 24.9. The summed E-state index contributed by atoms with van der Waals surface area (Å²) in [7, 11) is -3.75. The number of anilines is 1. The molecule has 0 aromatic heterocycles. The molecule has 0 saturated heterocycles. The molecular weight excluding hydrogens is 474 g/mol. The molecule has 2 amide bonds. The SMILES string of the molecule is Cc1ccc(N(CC(=O)N(Cc2ccccc2Cl)[C@@H](C)C(=O)NC2CCCC2)S(C)(=O)=O)cc1. The average molecular weight is 506 g/mol. The first-order valence-electron chi connectivity index (χ1n) is 11.4. The second-order valence-electron chi connectivity index (χ2n) is 8.88. The number of carbonyl (C=O) groups excluding carboxylic acids is 2. The summed E-state index contributed by atoms with van der Waals surface area (Å²) in [6.07, 6.45) is 5.05. The van der Waals surface area contributed by atoms with Crippen molar-refractivity contribution in [1.29, 1.82) is 0 Å². The Bertz CT molecular complexity index is 1120. The summed E-state index contributed by atoms with van der Waals surface area (Å²) in [5.41, 5.74) is 2.04. The first-order valence-corrected chi connectivity index (χ1v) is 13.7. The van der Waals surface area contributed by atoms with Crippen LogP contribution in [0.15, 0.2) is 48.5 Å². The Balaban J connectivity index is 1.88. The molecule has 9 heteroatoms. The number of halogens is 1. The Morgan fingerprint density at radius 2 is 1.71 bits per heavy atom. The lowest BCUT2D eigenvalue weighted by molar-refractivity contribution is -0.139. The second kappa shape index (κ2) is 11.2. The number of carbonyl (C=O) groups is 2. The normalized spacial score (nSPS) is 15.1. The number of sulfonamides is 1. The van der Waals surface area contributed by atoms with Crippen LogP contribution in [-0.2, 0) is 26.2 Å². The molecule has 0 bridgehead atoms. The minimum absolute atomic E-state index is 0.0866. The summed E-state index contributed by atoms with van der Waals surface area (Å²) < 4.78 is 26.2. The van der Waals surface area contributed by atoms with Gasteiger partial charge in [-0.15, -0.1) is 0 Å². The highest BCUT2D eigenvalue weighted by atomic mass is 35.5. The molecule has 1 aliphatic carbocycles. The van der Waals surface area contributed by atoms with Gasteiger partial charge < -0.3 is 10.2 Å². The van der Waals surface area contributed by atoms with Crippen molar-refractivity contribution in [3.8, 4) is 0 Å². The monoisotopic (exact) mass is 505 g/mol. The van der Waals surface area contributed by atoms with Crippen LogP contribution >= 0.6 is 11.6 Å². The van der Waals surface area contributed by atoms with E-state index in [0.29, 0.717) is 16.3 Å². The van der Waals surface area contributed by atoms with Crippen LogP contribution in [0.2, 0.25) is 5.02 Å². The van der Waals surface area contributed by atoms with Crippen molar-refractivity contribution in [2.24, 2.45) is 0 Å². The van der Waals surface area contributed by atoms with E-state index in [0.717, 1.165) is 41.8 Å². The van der Waals surface area contributed by atoms with Gasteiger partial charge in [-0.2, -0.15) is 0 Å². The highest BCUT2D eigenvalue weighted by Crippen LogP contribution is 2.23. The quantitative estimate of drug-likeness (QED) is 0.560. The minimum atomic E-state index is -3.75. The number of nitrogens with zero attached hydrogens (tertiary/aromatic N) is 2. The van der Waals surface area contributed by atoms with E-state index in [-0.39, 0.29) is 18.5 Å². The molecule has 0 unspecified atom stereocenters. The van der Waals surface area contributed by atoms with Gasteiger partial charge in [-0.3, -0.25) is 13.9 Å². The van der Waals surface area contributed by atoms with E-state index < -0.39 is 28.5 Å². The molecule has 0 heterocycles. The standard InChI is InChI=1S/C25H32ClN3O4S/c1-18-12-14-22(15-13-18)29(34(3,32)33)17-24(30)28(16-20-8-4-7-11-23(20)26)19(2)25(31)27-21-9-5-6-10-21/h4,7-8,11-15,19,21H,5-6,9-10,16-17H2,1-3H3,(H,27,31)/t19-/m0/s1. The third kappa shape index (κ3) is 6.73. The molecule has 0 aliphatic heterocycles. The van der Waals surface area contributed by atoms with Gasteiger partial charge >= 0.3 is 0 Å². The average Bonchev–Trinajstić information content (AvgIpc) is 3.29. The van der Waals surface area contributed by atoms with Crippen molar-refractivity contribution in [1.82, 2.24) is 10.2 Å². The first-order chi connectivity index (χ1) is 16.1. The zero-order valence-electron chi connectivity index (χ0n) is 19.8. The second-order valence-corrected chi connectivity index (χ2v) is 11.2. The predicted molar refractivity (Wildman–Crippen MR) is 135 cm³/mol. The largest absolute Gasteiger partial charge is 0.352 e. The summed E-state index contributed by atoms with van der Waals surface area (Å²) in [4.78, 5) is 28.0. The van der Waals surface area contributed by atoms with Crippen LogP contribution in [0.1, 0.15) is 43.7 Å². The first kappa shape index (κ1) is 26.0. The van der Waals surface area contributed by atoms with Gasteiger partial charge in [0.25, 0.3) is 0 Å². The van der Waals surface area contributed by atoms with Crippen molar-refractivity contribution in [3.63, 3.8) is 0 Å². The molecule has 2 aromatic rings. The molecule has 7 nitrogen and oxygen atoms in total. The van der Waals surface area contributed by atoms with Crippen LogP contribution in [-0.4, -0.2) is 50.0 Å². The van der Waals surface area contributed by atoms with Crippen molar-refractivity contribution >= 4 is 39.1 Å². The highest BCUT2D eigenvalue weighted by molar-refractivity contribution is 7.92. The molecule has 0 radical (unpaired) electrons. The molecular formula is C25H32ClN3O4S. The van der Waals surface area contributed by atoms with E-state index in [1.54, 1.807) is 49.4 Å². The van der Waals surface area contributed by atoms with Gasteiger partial charge in [-0.05, 0) is 50.5 Å². The van der Waals surface area contributed by atoms with E-state index in [1.165, 1.54) is 4.90 Å². The predicted octanol–water partition coefficient (Wildman–Crippen LogP) is 3.89. The molecule has 1 saturated carbocycles. The van der Waals surface area contributed by atoms with Crippen LogP contribution < -0.4 is 9.62 Å². The van der Waals surface area contributed by atoms with Gasteiger partial charge in [0.1, 0.15) is 12.6 Å². The van der Waals surface area contributed by atoms with Crippen LogP contribution in [0.4, 0.5) is 5.69 Å². The fourth-order valence-corrected chi connectivity index (χ4v) is 5.15. The van der Waals surface area contributed by atoms with Gasteiger partial charge in [0.2, 0.25) is 21.8 Å². The molecule has 3 rings (SSSR count). The number of benzene rings is 2. The maximum absolute atomic E-state index is 13.5. The van der Waals surface area contributed by atoms with E-state index in [9.17, 15) is 18.0 Å². The highest BCUT2D eigenvalue weighted by Gasteiger charge is 2.31. The van der Waals surface area contributed by atoms with Crippen LogP contribution in [0.5, 0.6) is 0 Å². The summed E-state index contributed by atoms with van der Waals surface area (Å²) in [5, 5.41) is 3.51. The third-order valence-corrected chi connectivity index (χ3v) is 7.68. The number of nitrogens with one attached hydrogen (secondary N) is 1. The molecule has 34 heavy (non-hydrogen) atoms. The summed E-state index contributed by atoms with van der Waals surface area (Å²) in [6, 6.07) is 13.3. The zero-order valence-corrected chi connectivity index (χ0v) is 21.4. The molecule has 2 aromatic carbocycles. The lowest BCUT2D eigenvalue weighted by atomic mass is 10.1. The Kier molecular flexibility index (Phi) is 8.60. The number of amides is 2. The maximum atomic E-state index is 13.5. The molecule has 1 fully saturated rings. The Labute approximate surface area is 207 Å². The summed E-state index contributed by atoms with van der Waals surface area (Å²) >= 11 is 6.34. The molecule has 0 spiro atoms. The Morgan fingerprint density at radius 3 is 2.29 bits per heavy atom. The van der Waals surface area contributed by atoms with Crippen molar-refractivity contribution < 1.29 is 18.0 Å². The number of hydrogen-bond donors (Lipinski definition) is 1. The molecule has 1 aliphatic rings.